The molecule has 0 saturated carbocycles. The molecule has 0 aliphatic heterocycles. The van der Waals surface area contributed by atoms with Crippen LogP contribution in [-0.2, 0) is 6.42 Å². The normalized spacial score (nSPS) is 11.2. The summed E-state index contributed by atoms with van der Waals surface area (Å²) in [6.07, 6.45) is 2.72. The zero-order valence-electron chi connectivity index (χ0n) is 11.8. The van der Waals surface area contributed by atoms with Gasteiger partial charge >= 0.3 is 0 Å². The highest BCUT2D eigenvalue weighted by Crippen LogP contribution is 2.24. The van der Waals surface area contributed by atoms with Crippen LogP contribution in [0.3, 0.4) is 0 Å². The number of pyridine rings is 1. The van der Waals surface area contributed by atoms with Crippen molar-refractivity contribution in [2.45, 2.75) is 27.2 Å². The number of hydrogen-bond donors (Lipinski definition) is 0. The number of nitrogens with zero attached hydrogens (tertiary/aromatic N) is 3. The first kappa shape index (κ1) is 13.3. The van der Waals surface area contributed by atoms with Crippen LogP contribution in [0.2, 0.25) is 0 Å². The third kappa shape index (κ3) is 2.24. The summed E-state index contributed by atoms with van der Waals surface area (Å²) >= 11 is 3.48. The zero-order chi connectivity index (χ0) is 14.3. The molecule has 0 aliphatic carbocycles. The third-order valence-electron chi connectivity index (χ3n) is 3.35. The van der Waals surface area contributed by atoms with E-state index < -0.39 is 0 Å². The third-order valence-corrected chi connectivity index (χ3v) is 3.79. The molecule has 4 heteroatoms. The smallest absolute Gasteiger partial charge is 0.163 e. The van der Waals surface area contributed by atoms with Crippen molar-refractivity contribution in [3.63, 3.8) is 0 Å². The molecule has 3 aromatic rings. The minimum absolute atomic E-state index is 0.895. The molecule has 2 heterocycles. The highest BCUT2D eigenvalue weighted by Gasteiger charge is 2.12. The summed E-state index contributed by atoms with van der Waals surface area (Å²) in [6, 6.07) is 8.54. The van der Waals surface area contributed by atoms with Crippen LogP contribution in [0.5, 0.6) is 0 Å². The molecule has 0 unspecified atom stereocenters. The van der Waals surface area contributed by atoms with Gasteiger partial charge in [0.1, 0.15) is 0 Å². The molecule has 3 rings (SSSR count). The Bertz CT molecular complexity index is 770. The largest absolute Gasteiger partial charge is 0.235 e. The molecule has 0 amide bonds. The Morgan fingerprint density at radius 1 is 1.10 bits per heavy atom. The maximum atomic E-state index is 4.73. The predicted octanol–water partition coefficient (Wildman–Crippen LogP) is 4.36. The van der Waals surface area contributed by atoms with Crippen molar-refractivity contribution in [1.29, 1.82) is 0 Å². The maximum Gasteiger partial charge on any atom is 0.163 e. The lowest BCUT2D eigenvalue weighted by molar-refractivity contribution is 0.852. The van der Waals surface area contributed by atoms with Crippen LogP contribution in [0.25, 0.3) is 16.7 Å². The number of hydrogen-bond acceptors (Lipinski definition) is 2. The molecule has 2 aromatic heterocycles. The Morgan fingerprint density at radius 3 is 2.45 bits per heavy atom. The summed E-state index contributed by atoms with van der Waals surface area (Å²) in [6.45, 7) is 6.33. The first-order valence-corrected chi connectivity index (χ1v) is 7.49. The molecule has 0 aliphatic rings. The van der Waals surface area contributed by atoms with E-state index in [1.54, 1.807) is 0 Å². The van der Waals surface area contributed by atoms with Crippen molar-refractivity contribution in [3.8, 4) is 5.69 Å². The quantitative estimate of drug-likeness (QED) is 0.699. The monoisotopic (exact) mass is 329 g/mol. The molecule has 0 radical (unpaired) electrons. The first-order chi connectivity index (χ1) is 9.58. The summed E-state index contributed by atoms with van der Waals surface area (Å²) in [5, 5.41) is 5.85. The minimum atomic E-state index is 0.895. The van der Waals surface area contributed by atoms with Crippen LogP contribution in [0.4, 0.5) is 0 Å². The van der Waals surface area contributed by atoms with Crippen molar-refractivity contribution in [2.24, 2.45) is 0 Å². The molecular formula is C16H16BrN3. The summed E-state index contributed by atoms with van der Waals surface area (Å²) in [5.41, 5.74) is 5.53. The van der Waals surface area contributed by atoms with Crippen molar-refractivity contribution in [3.05, 3.63) is 51.8 Å². The van der Waals surface area contributed by atoms with E-state index in [2.05, 4.69) is 66.0 Å². The molecule has 0 saturated heterocycles. The summed E-state index contributed by atoms with van der Waals surface area (Å²) in [4.78, 5) is 4.54. The molecule has 3 nitrogen and oxygen atoms in total. The van der Waals surface area contributed by atoms with Crippen molar-refractivity contribution >= 4 is 27.0 Å². The van der Waals surface area contributed by atoms with Crippen LogP contribution >= 0.6 is 15.9 Å². The molecule has 1 aromatic carbocycles. The van der Waals surface area contributed by atoms with Gasteiger partial charge in [0.05, 0.1) is 11.4 Å². The second-order valence-electron chi connectivity index (χ2n) is 5.08. The van der Waals surface area contributed by atoms with Crippen LogP contribution < -0.4 is 0 Å². The van der Waals surface area contributed by atoms with Crippen molar-refractivity contribution in [1.82, 2.24) is 14.8 Å². The average Bonchev–Trinajstić information content (AvgIpc) is 2.75. The number of aromatic nitrogens is 3. The lowest BCUT2D eigenvalue weighted by Crippen LogP contribution is -1.99. The molecule has 0 bridgehead atoms. The average molecular weight is 330 g/mol. The fraction of sp³-hybridized carbons (Fsp3) is 0.250. The Morgan fingerprint density at radius 2 is 1.80 bits per heavy atom. The molecule has 0 fully saturated rings. The van der Waals surface area contributed by atoms with E-state index in [0.717, 1.165) is 33.3 Å². The van der Waals surface area contributed by atoms with Gasteiger partial charge in [-0.05, 0) is 65.5 Å². The van der Waals surface area contributed by atoms with E-state index in [1.165, 1.54) is 11.1 Å². The number of aryl methyl sites for hydroxylation is 3. The van der Waals surface area contributed by atoms with Gasteiger partial charge in [-0.25, -0.2) is 9.67 Å². The van der Waals surface area contributed by atoms with E-state index in [-0.39, 0.29) is 0 Å². The number of halogens is 1. The summed E-state index contributed by atoms with van der Waals surface area (Å²) in [7, 11) is 0. The first-order valence-electron chi connectivity index (χ1n) is 6.70. The number of benzene rings is 1. The Labute approximate surface area is 126 Å². The fourth-order valence-electron chi connectivity index (χ4n) is 2.55. The highest BCUT2D eigenvalue weighted by atomic mass is 79.9. The maximum absolute atomic E-state index is 4.73. The van der Waals surface area contributed by atoms with Crippen LogP contribution in [0.15, 0.2) is 34.9 Å². The van der Waals surface area contributed by atoms with E-state index in [9.17, 15) is 0 Å². The van der Waals surface area contributed by atoms with E-state index in [1.807, 2.05) is 10.9 Å². The Balaban J connectivity index is 2.31. The van der Waals surface area contributed by atoms with Gasteiger partial charge in [-0.15, -0.1) is 0 Å². The Kier molecular flexibility index (Phi) is 3.34. The van der Waals surface area contributed by atoms with Gasteiger partial charge in [-0.2, -0.15) is 5.10 Å². The van der Waals surface area contributed by atoms with Crippen LogP contribution in [-0.4, -0.2) is 14.8 Å². The lowest BCUT2D eigenvalue weighted by atomic mass is 10.1. The van der Waals surface area contributed by atoms with Gasteiger partial charge < -0.3 is 0 Å². The molecule has 0 spiro atoms. The van der Waals surface area contributed by atoms with Crippen LogP contribution in [0.1, 0.15) is 23.7 Å². The van der Waals surface area contributed by atoms with Crippen molar-refractivity contribution < 1.29 is 0 Å². The molecule has 0 N–H and O–H groups in total. The van der Waals surface area contributed by atoms with Gasteiger partial charge in [0, 0.05) is 16.1 Å². The van der Waals surface area contributed by atoms with E-state index >= 15 is 0 Å². The lowest BCUT2D eigenvalue weighted by Gasteiger charge is -2.06. The van der Waals surface area contributed by atoms with Gasteiger partial charge in [0.25, 0.3) is 0 Å². The number of rotatable bonds is 2. The van der Waals surface area contributed by atoms with Gasteiger partial charge in [0.2, 0.25) is 0 Å². The predicted molar refractivity (Wildman–Crippen MR) is 85.4 cm³/mol. The fourth-order valence-corrected chi connectivity index (χ4v) is 2.88. The van der Waals surface area contributed by atoms with Gasteiger partial charge in [-0.1, -0.05) is 13.0 Å². The molecular weight excluding hydrogens is 314 g/mol. The SMILES string of the molecule is CCc1nn(-c2cc(C)cc(C)c2)c2ncc(Br)cc12. The molecule has 102 valence electrons. The minimum Gasteiger partial charge on any atom is -0.235 e. The van der Waals surface area contributed by atoms with Crippen molar-refractivity contribution in [2.75, 3.05) is 0 Å². The number of fused-ring (bicyclic) bond motifs is 1. The topological polar surface area (TPSA) is 30.7 Å². The van der Waals surface area contributed by atoms with E-state index in [4.69, 9.17) is 5.10 Å². The van der Waals surface area contributed by atoms with Gasteiger partial charge in [0.15, 0.2) is 5.65 Å². The highest BCUT2D eigenvalue weighted by molar-refractivity contribution is 9.10. The second-order valence-corrected chi connectivity index (χ2v) is 6.00. The summed E-state index contributed by atoms with van der Waals surface area (Å²) < 4.78 is 2.93. The molecule has 0 atom stereocenters. The zero-order valence-corrected chi connectivity index (χ0v) is 13.4. The van der Waals surface area contributed by atoms with E-state index in [0.29, 0.717) is 0 Å². The Hall–Kier alpha value is -1.68. The molecule has 20 heavy (non-hydrogen) atoms. The second kappa shape index (κ2) is 5.02. The van der Waals surface area contributed by atoms with Crippen LogP contribution in [0, 0.1) is 13.8 Å². The summed E-state index contributed by atoms with van der Waals surface area (Å²) in [5.74, 6) is 0. The van der Waals surface area contributed by atoms with Gasteiger partial charge in [-0.3, -0.25) is 0 Å². The standard InChI is InChI=1S/C16H16BrN3/c1-4-15-14-8-12(17)9-18-16(14)20(19-15)13-6-10(2)5-11(3)7-13/h5-9H,4H2,1-3H3.